The summed E-state index contributed by atoms with van der Waals surface area (Å²) in [5.41, 5.74) is 5.56. The van der Waals surface area contributed by atoms with Crippen molar-refractivity contribution >= 4 is 23.7 Å². The molecule has 0 bridgehead atoms. The first-order valence-corrected chi connectivity index (χ1v) is 14.5. The van der Waals surface area contributed by atoms with Crippen molar-refractivity contribution in [3.8, 4) is 5.69 Å². The van der Waals surface area contributed by atoms with Gasteiger partial charge in [0.15, 0.2) is 0 Å². The van der Waals surface area contributed by atoms with Gasteiger partial charge in [-0.1, -0.05) is 60.7 Å². The number of piperazine rings is 1. The summed E-state index contributed by atoms with van der Waals surface area (Å²) < 4.78 is 8.48. The van der Waals surface area contributed by atoms with Gasteiger partial charge < -0.3 is 29.7 Å². The van der Waals surface area contributed by atoms with Crippen molar-refractivity contribution in [3.05, 3.63) is 114 Å². The van der Waals surface area contributed by atoms with Crippen molar-refractivity contribution in [1.82, 2.24) is 19.8 Å². The Balaban J connectivity index is 0.000000584. The Morgan fingerprint density at radius 1 is 0.932 bits per heavy atom. The molecule has 3 aromatic carbocycles. The molecular formula is C33H35N5O6. The van der Waals surface area contributed by atoms with Crippen LogP contribution in [-0.2, 0) is 20.7 Å². The molecule has 0 radical (unpaired) electrons. The molecule has 11 nitrogen and oxygen atoms in total. The molecule has 6 rings (SSSR count). The Hall–Kier alpha value is -5.00. The van der Waals surface area contributed by atoms with Gasteiger partial charge in [0.25, 0.3) is 0 Å². The van der Waals surface area contributed by atoms with Crippen molar-refractivity contribution in [3.63, 3.8) is 0 Å². The van der Waals surface area contributed by atoms with E-state index in [9.17, 15) is 4.79 Å². The SMILES string of the molecule is O=C(N1CCc2cc(-n3ccnc3)ccc21)N1CCNCC1CCOC(c1ccccc1)c1ccccc1.O=C(O)C(=O)O. The summed E-state index contributed by atoms with van der Waals surface area (Å²) in [6.45, 7) is 3.55. The third-order valence-corrected chi connectivity index (χ3v) is 7.71. The lowest BCUT2D eigenvalue weighted by Gasteiger charge is -2.38. The van der Waals surface area contributed by atoms with Crippen molar-refractivity contribution < 1.29 is 29.3 Å². The molecular weight excluding hydrogens is 562 g/mol. The van der Waals surface area contributed by atoms with Crippen LogP contribution in [0.25, 0.3) is 5.69 Å². The highest BCUT2D eigenvalue weighted by molar-refractivity contribution is 6.27. The molecule has 2 amide bonds. The van der Waals surface area contributed by atoms with E-state index in [0.29, 0.717) is 19.7 Å². The number of nitrogens with zero attached hydrogens (tertiary/aromatic N) is 4. The fourth-order valence-corrected chi connectivity index (χ4v) is 5.55. The van der Waals surface area contributed by atoms with Gasteiger partial charge in [0.1, 0.15) is 6.10 Å². The van der Waals surface area contributed by atoms with Crippen LogP contribution in [0.3, 0.4) is 0 Å². The lowest BCUT2D eigenvalue weighted by atomic mass is 10.0. The van der Waals surface area contributed by atoms with Gasteiger partial charge >= 0.3 is 18.0 Å². The molecule has 228 valence electrons. The number of imidazole rings is 1. The quantitative estimate of drug-likeness (QED) is 0.272. The van der Waals surface area contributed by atoms with E-state index in [1.54, 1.807) is 12.5 Å². The van der Waals surface area contributed by atoms with Crippen LogP contribution in [0.4, 0.5) is 10.5 Å². The monoisotopic (exact) mass is 597 g/mol. The topological polar surface area (TPSA) is 137 Å². The number of carboxylic acids is 2. The molecule has 1 fully saturated rings. The number of amides is 2. The highest BCUT2D eigenvalue weighted by atomic mass is 16.5. The van der Waals surface area contributed by atoms with Crippen molar-refractivity contribution in [2.45, 2.75) is 25.0 Å². The molecule has 1 atom stereocenters. The standard InChI is InChI=1S/C31H33N5O2.C2H2O4/c37-31(36-17-13-26-21-27(11-12-29(26)36)34-18-15-33-23-34)35-19-16-32-22-28(35)14-20-38-30(24-7-3-1-4-8-24)25-9-5-2-6-10-25;3-1(4)2(5)6/h1-12,15,18,21,23,28,30,32H,13-14,16-17,19-20,22H2;(H,3,4)(H,5,6). The van der Waals surface area contributed by atoms with E-state index in [0.717, 1.165) is 48.4 Å². The molecule has 2 aliphatic heterocycles. The zero-order valence-corrected chi connectivity index (χ0v) is 24.2. The Labute approximate surface area is 255 Å². The number of anilines is 1. The molecule has 44 heavy (non-hydrogen) atoms. The number of nitrogens with one attached hydrogen (secondary N) is 1. The second-order valence-corrected chi connectivity index (χ2v) is 10.5. The first-order chi connectivity index (χ1) is 21.4. The third-order valence-electron chi connectivity index (χ3n) is 7.71. The maximum Gasteiger partial charge on any atom is 0.414 e. The number of carbonyl (C=O) groups is 3. The minimum atomic E-state index is -1.82. The summed E-state index contributed by atoms with van der Waals surface area (Å²) >= 11 is 0. The van der Waals surface area contributed by atoms with Crippen LogP contribution in [0, 0.1) is 0 Å². The second-order valence-electron chi connectivity index (χ2n) is 10.5. The van der Waals surface area contributed by atoms with Crippen LogP contribution in [0.2, 0.25) is 0 Å². The number of aromatic nitrogens is 2. The number of benzene rings is 3. The zero-order valence-electron chi connectivity index (χ0n) is 24.2. The number of rotatable bonds is 7. The van der Waals surface area contributed by atoms with Crippen LogP contribution in [0.5, 0.6) is 0 Å². The third kappa shape index (κ3) is 7.31. The number of fused-ring (bicyclic) bond motifs is 1. The molecule has 0 aliphatic carbocycles. The van der Waals surface area contributed by atoms with E-state index in [2.05, 4.69) is 52.8 Å². The van der Waals surface area contributed by atoms with E-state index in [4.69, 9.17) is 24.5 Å². The van der Waals surface area contributed by atoms with E-state index < -0.39 is 11.9 Å². The lowest BCUT2D eigenvalue weighted by Crippen LogP contribution is -2.57. The van der Waals surface area contributed by atoms with Crippen LogP contribution in [0.15, 0.2) is 97.6 Å². The van der Waals surface area contributed by atoms with Crippen LogP contribution < -0.4 is 10.2 Å². The Kier molecular flexibility index (Phi) is 10.0. The normalized spacial score (nSPS) is 15.8. The number of hydrogen-bond acceptors (Lipinski definition) is 6. The first-order valence-electron chi connectivity index (χ1n) is 14.5. The Bertz CT molecular complexity index is 1500. The highest BCUT2D eigenvalue weighted by Crippen LogP contribution is 2.32. The average molecular weight is 598 g/mol. The summed E-state index contributed by atoms with van der Waals surface area (Å²) in [5.74, 6) is -3.65. The molecule has 1 saturated heterocycles. The van der Waals surface area contributed by atoms with Crippen molar-refractivity contribution in [2.24, 2.45) is 0 Å². The maximum absolute atomic E-state index is 13.8. The van der Waals surface area contributed by atoms with Crippen molar-refractivity contribution in [2.75, 3.05) is 37.7 Å². The Morgan fingerprint density at radius 2 is 1.61 bits per heavy atom. The molecule has 3 heterocycles. The van der Waals surface area contributed by atoms with E-state index >= 15 is 0 Å². The van der Waals surface area contributed by atoms with Gasteiger partial charge in [-0.05, 0) is 47.7 Å². The fourth-order valence-electron chi connectivity index (χ4n) is 5.55. The predicted molar refractivity (Wildman–Crippen MR) is 164 cm³/mol. The van der Waals surface area contributed by atoms with Gasteiger partial charge in [-0.2, -0.15) is 0 Å². The number of hydrogen-bond donors (Lipinski definition) is 3. The van der Waals surface area contributed by atoms with Gasteiger partial charge in [-0.3, -0.25) is 4.90 Å². The number of urea groups is 1. The minimum absolute atomic E-state index is 0.0812. The summed E-state index contributed by atoms with van der Waals surface area (Å²) in [6, 6.07) is 27.1. The number of carbonyl (C=O) groups excluding carboxylic acids is 1. The first kappa shape index (κ1) is 30.5. The molecule has 4 aromatic rings. The maximum atomic E-state index is 13.8. The number of aliphatic carboxylic acids is 2. The molecule has 1 unspecified atom stereocenters. The van der Waals surface area contributed by atoms with Crippen LogP contribution >= 0.6 is 0 Å². The summed E-state index contributed by atoms with van der Waals surface area (Å²) in [5, 5.41) is 18.3. The lowest BCUT2D eigenvalue weighted by molar-refractivity contribution is -0.159. The largest absolute Gasteiger partial charge is 0.473 e. The van der Waals surface area contributed by atoms with Gasteiger partial charge in [0.05, 0.1) is 6.33 Å². The molecule has 0 saturated carbocycles. The molecule has 2 aliphatic rings. The summed E-state index contributed by atoms with van der Waals surface area (Å²) in [7, 11) is 0. The molecule has 1 aromatic heterocycles. The molecule has 11 heteroatoms. The van der Waals surface area contributed by atoms with Crippen LogP contribution in [0.1, 0.15) is 29.2 Å². The minimum Gasteiger partial charge on any atom is -0.473 e. The Morgan fingerprint density at radius 3 is 2.23 bits per heavy atom. The smallest absolute Gasteiger partial charge is 0.414 e. The number of carboxylic acid groups (broad SMARTS) is 2. The fraction of sp³-hybridized carbons (Fsp3) is 0.273. The van der Waals surface area contributed by atoms with Crippen LogP contribution in [-0.4, -0.2) is 81.5 Å². The van der Waals surface area contributed by atoms with Gasteiger partial charge in [-0.25, -0.2) is 19.4 Å². The number of ether oxygens (including phenoxy) is 1. The molecule has 0 spiro atoms. The van der Waals surface area contributed by atoms with Gasteiger partial charge in [0.2, 0.25) is 0 Å². The van der Waals surface area contributed by atoms with Gasteiger partial charge in [0, 0.05) is 62.6 Å². The second kappa shape index (κ2) is 14.5. The van der Waals surface area contributed by atoms with Crippen molar-refractivity contribution in [1.29, 1.82) is 0 Å². The van der Waals surface area contributed by atoms with E-state index in [1.807, 2.05) is 57.0 Å². The van der Waals surface area contributed by atoms with E-state index in [-0.39, 0.29) is 18.2 Å². The predicted octanol–water partition coefficient (Wildman–Crippen LogP) is 3.98. The van der Waals surface area contributed by atoms with E-state index in [1.165, 1.54) is 5.56 Å². The highest BCUT2D eigenvalue weighted by Gasteiger charge is 2.33. The van der Waals surface area contributed by atoms with Gasteiger partial charge in [-0.15, -0.1) is 0 Å². The average Bonchev–Trinajstić information content (AvgIpc) is 3.75. The zero-order chi connectivity index (χ0) is 30.9. The summed E-state index contributed by atoms with van der Waals surface area (Å²) in [6.07, 6.45) is 7.02. The molecule has 3 N–H and O–H groups in total. The summed E-state index contributed by atoms with van der Waals surface area (Å²) in [4.78, 5) is 40.1.